The summed E-state index contributed by atoms with van der Waals surface area (Å²) in [7, 11) is 3.05. The minimum absolute atomic E-state index is 0.00196. The highest BCUT2D eigenvalue weighted by molar-refractivity contribution is 5.77. The van der Waals surface area contributed by atoms with Crippen LogP contribution in [0.5, 0.6) is 11.5 Å². The summed E-state index contributed by atoms with van der Waals surface area (Å²) in [5.74, 6) is 1.07. The van der Waals surface area contributed by atoms with E-state index in [9.17, 15) is 13.6 Å². The topological polar surface area (TPSA) is 71.2 Å². The molecular formula is C20H16F2N4O3. The third-order valence-corrected chi connectivity index (χ3v) is 4.50. The Morgan fingerprint density at radius 3 is 2.38 bits per heavy atom. The van der Waals surface area contributed by atoms with E-state index < -0.39 is 12.2 Å². The molecule has 0 aliphatic carbocycles. The maximum Gasteiger partial charge on any atom is 0.340 e. The molecule has 0 unspecified atom stereocenters. The van der Waals surface area contributed by atoms with Gasteiger partial charge >= 0.3 is 12.2 Å². The van der Waals surface area contributed by atoms with E-state index in [4.69, 9.17) is 9.47 Å². The van der Waals surface area contributed by atoms with Crippen molar-refractivity contribution in [1.29, 1.82) is 0 Å². The molecule has 0 spiro atoms. The number of halogens is 2. The smallest absolute Gasteiger partial charge is 0.340 e. The van der Waals surface area contributed by atoms with Gasteiger partial charge in [-0.2, -0.15) is 8.78 Å². The minimum atomic E-state index is -2.98. The zero-order valence-electron chi connectivity index (χ0n) is 15.5. The molecular weight excluding hydrogens is 382 g/mol. The number of para-hydroxylation sites is 2. The number of alkyl halides is 2. The van der Waals surface area contributed by atoms with Crippen LogP contribution < -0.4 is 15.2 Å². The van der Waals surface area contributed by atoms with E-state index in [1.807, 2.05) is 0 Å². The van der Waals surface area contributed by atoms with Gasteiger partial charge in [-0.3, -0.25) is 0 Å². The summed E-state index contributed by atoms with van der Waals surface area (Å²) >= 11 is 0. The van der Waals surface area contributed by atoms with Gasteiger partial charge in [-0.05, 0) is 36.4 Å². The second-order valence-electron chi connectivity index (χ2n) is 6.07. The van der Waals surface area contributed by atoms with E-state index in [2.05, 4.69) is 9.97 Å². The molecule has 9 heteroatoms. The molecule has 4 aromatic rings. The fraction of sp³-hybridized carbons (Fsp3) is 0.150. The summed E-state index contributed by atoms with van der Waals surface area (Å²) in [5, 5.41) is 0. The van der Waals surface area contributed by atoms with Crippen LogP contribution in [0, 0.1) is 0 Å². The third kappa shape index (κ3) is 3.10. The Kier molecular flexibility index (Phi) is 4.71. The maximum absolute atomic E-state index is 13.5. The van der Waals surface area contributed by atoms with Gasteiger partial charge in [-0.1, -0.05) is 12.1 Å². The summed E-state index contributed by atoms with van der Waals surface area (Å²) in [6.45, 7) is -2.98. The van der Waals surface area contributed by atoms with Gasteiger partial charge in [0, 0.05) is 11.8 Å². The summed E-state index contributed by atoms with van der Waals surface area (Å²) in [4.78, 5) is 21.2. The van der Waals surface area contributed by atoms with Crippen LogP contribution in [0.3, 0.4) is 0 Å². The average molecular weight is 398 g/mol. The van der Waals surface area contributed by atoms with E-state index in [-0.39, 0.29) is 11.5 Å². The van der Waals surface area contributed by atoms with Crippen molar-refractivity contribution in [1.82, 2.24) is 19.1 Å². The van der Waals surface area contributed by atoms with Gasteiger partial charge in [-0.25, -0.2) is 23.9 Å². The van der Waals surface area contributed by atoms with Crippen LogP contribution in [-0.2, 0) is 0 Å². The molecule has 0 bridgehead atoms. The standard InChI is InChI=1S/C20H16F2N4O3/c1-28-16-8-7-12(11-17(16)29-2)13-9-10-23-19(24-13)26-15-6-4-3-5-14(15)25(18(21)22)20(26)27/h3-11,18H,1-2H3. The SMILES string of the molecule is COc1ccc(-c2ccnc(-n3c(=O)n(C(F)F)c4ccccc43)n2)cc1OC. The molecule has 0 N–H and O–H groups in total. The highest BCUT2D eigenvalue weighted by Gasteiger charge is 2.21. The number of hydrogen-bond donors (Lipinski definition) is 0. The first-order chi connectivity index (χ1) is 14.0. The molecule has 0 radical (unpaired) electrons. The van der Waals surface area contributed by atoms with Gasteiger partial charge in [0.05, 0.1) is 30.9 Å². The number of nitrogens with zero attached hydrogens (tertiary/aromatic N) is 4. The Labute approximate surface area is 163 Å². The van der Waals surface area contributed by atoms with Crippen molar-refractivity contribution >= 4 is 11.0 Å². The molecule has 0 aliphatic rings. The number of benzene rings is 2. The molecule has 2 aromatic heterocycles. The number of fused-ring (bicyclic) bond motifs is 1. The molecule has 0 saturated carbocycles. The molecule has 7 nitrogen and oxygen atoms in total. The van der Waals surface area contributed by atoms with Crippen LogP contribution in [0.4, 0.5) is 8.78 Å². The average Bonchev–Trinajstić information content (AvgIpc) is 3.05. The summed E-state index contributed by atoms with van der Waals surface area (Å²) in [5.41, 5.74) is 0.675. The Morgan fingerprint density at radius 2 is 1.69 bits per heavy atom. The second-order valence-corrected chi connectivity index (χ2v) is 6.07. The van der Waals surface area contributed by atoms with Crippen LogP contribution in [0.2, 0.25) is 0 Å². The number of rotatable bonds is 5. The van der Waals surface area contributed by atoms with Crippen molar-refractivity contribution in [2.45, 2.75) is 6.55 Å². The van der Waals surface area contributed by atoms with E-state index in [0.29, 0.717) is 32.8 Å². The molecule has 0 fully saturated rings. The lowest BCUT2D eigenvalue weighted by atomic mass is 10.1. The van der Waals surface area contributed by atoms with Gasteiger partial charge in [-0.15, -0.1) is 0 Å². The van der Waals surface area contributed by atoms with Crippen molar-refractivity contribution in [3.63, 3.8) is 0 Å². The van der Waals surface area contributed by atoms with Crippen molar-refractivity contribution in [3.8, 4) is 28.7 Å². The highest BCUT2D eigenvalue weighted by Crippen LogP contribution is 2.31. The van der Waals surface area contributed by atoms with Gasteiger partial charge in [0.25, 0.3) is 0 Å². The Bertz CT molecular complexity index is 1250. The summed E-state index contributed by atoms with van der Waals surface area (Å²) in [6.07, 6.45) is 1.47. The maximum atomic E-state index is 13.5. The third-order valence-electron chi connectivity index (χ3n) is 4.50. The lowest BCUT2D eigenvalue weighted by Gasteiger charge is -2.10. The van der Waals surface area contributed by atoms with Crippen LogP contribution in [0.25, 0.3) is 28.2 Å². The first-order valence-electron chi connectivity index (χ1n) is 8.61. The first kappa shape index (κ1) is 18.6. The van der Waals surface area contributed by atoms with Crippen molar-refractivity contribution < 1.29 is 18.3 Å². The van der Waals surface area contributed by atoms with Crippen LogP contribution in [0.1, 0.15) is 6.55 Å². The number of methoxy groups -OCH3 is 2. The Balaban J connectivity index is 1.90. The second kappa shape index (κ2) is 7.34. The normalized spacial score (nSPS) is 11.2. The molecule has 0 saturated heterocycles. The van der Waals surface area contributed by atoms with Gasteiger partial charge in [0.1, 0.15) is 0 Å². The molecule has 2 heterocycles. The molecule has 148 valence electrons. The number of ether oxygens (including phenoxy) is 2. The van der Waals surface area contributed by atoms with Gasteiger partial charge < -0.3 is 9.47 Å². The highest BCUT2D eigenvalue weighted by atomic mass is 19.3. The number of hydrogen-bond acceptors (Lipinski definition) is 5. The molecule has 0 amide bonds. The van der Waals surface area contributed by atoms with E-state index in [0.717, 1.165) is 4.57 Å². The lowest BCUT2D eigenvalue weighted by molar-refractivity contribution is 0.0707. The monoisotopic (exact) mass is 398 g/mol. The van der Waals surface area contributed by atoms with Crippen LogP contribution in [-0.4, -0.2) is 33.3 Å². The summed E-state index contributed by atoms with van der Waals surface area (Å²) < 4.78 is 39.0. The number of aromatic nitrogens is 4. The first-order valence-corrected chi connectivity index (χ1v) is 8.61. The van der Waals surface area contributed by atoms with E-state index in [1.54, 1.807) is 42.5 Å². The number of imidazole rings is 1. The van der Waals surface area contributed by atoms with E-state index >= 15 is 0 Å². The molecule has 29 heavy (non-hydrogen) atoms. The predicted octanol–water partition coefficient (Wildman–Crippen LogP) is 3.66. The largest absolute Gasteiger partial charge is 0.493 e. The quantitative estimate of drug-likeness (QED) is 0.513. The molecule has 4 rings (SSSR count). The molecule has 2 aromatic carbocycles. The van der Waals surface area contributed by atoms with Crippen molar-refractivity contribution in [2.24, 2.45) is 0 Å². The van der Waals surface area contributed by atoms with Gasteiger partial charge in [0.2, 0.25) is 5.95 Å². The van der Waals surface area contributed by atoms with Crippen LogP contribution >= 0.6 is 0 Å². The lowest BCUT2D eigenvalue weighted by Crippen LogP contribution is -2.25. The fourth-order valence-corrected chi connectivity index (χ4v) is 3.17. The van der Waals surface area contributed by atoms with Crippen molar-refractivity contribution in [3.05, 3.63) is 65.2 Å². The predicted molar refractivity (Wildman–Crippen MR) is 103 cm³/mol. The zero-order chi connectivity index (χ0) is 20.5. The minimum Gasteiger partial charge on any atom is -0.493 e. The Hall–Kier alpha value is -3.75. The van der Waals surface area contributed by atoms with Crippen LogP contribution in [0.15, 0.2) is 59.5 Å². The fourth-order valence-electron chi connectivity index (χ4n) is 3.17. The molecule has 0 aliphatic heterocycles. The zero-order valence-corrected chi connectivity index (χ0v) is 15.5. The summed E-state index contributed by atoms with van der Waals surface area (Å²) in [6, 6.07) is 13.2. The van der Waals surface area contributed by atoms with Crippen molar-refractivity contribution in [2.75, 3.05) is 14.2 Å². The molecule has 0 atom stereocenters. The van der Waals surface area contributed by atoms with Gasteiger partial charge in [0.15, 0.2) is 11.5 Å². The van der Waals surface area contributed by atoms with E-state index in [1.165, 1.54) is 26.5 Å². The Morgan fingerprint density at radius 1 is 0.966 bits per heavy atom.